The Morgan fingerprint density at radius 3 is 2.42 bits per heavy atom. The standard InChI is InChI=1S/C17H21N3O3S/c1-11-6-5-7-14(19-11)20-17(24)18-10-12-8-9-13(21-2)16(23-4)15(12)22-3/h5-9H,10H2,1-4H3,(H2,18,19,20,24). The fourth-order valence-corrected chi connectivity index (χ4v) is 2.43. The van der Waals surface area contributed by atoms with E-state index < -0.39 is 0 Å². The highest BCUT2D eigenvalue weighted by Crippen LogP contribution is 2.39. The number of hydrogen-bond acceptors (Lipinski definition) is 5. The molecule has 0 amide bonds. The molecule has 1 aromatic heterocycles. The van der Waals surface area contributed by atoms with Gasteiger partial charge in [0.05, 0.1) is 21.3 Å². The maximum atomic E-state index is 5.46. The van der Waals surface area contributed by atoms with Crippen LogP contribution in [0.3, 0.4) is 0 Å². The molecule has 0 unspecified atom stereocenters. The lowest BCUT2D eigenvalue weighted by Crippen LogP contribution is -2.28. The van der Waals surface area contributed by atoms with E-state index in [1.807, 2.05) is 37.3 Å². The van der Waals surface area contributed by atoms with E-state index in [1.165, 1.54) is 0 Å². The maximum absolute atomic E-state index is 5.46. The molecule has 0 aliphatic heterocycles. The minimum absolute atomic E-state index is 0.473. The van der Waals surface area contributed by atoms with Gasteiger partial charge < -0.3 is 24.8 Å². The van der Waals surface area contributed by atoms with Gasteiger partial charge in [0.2, 0.25) is 5.75 Å². The van der Waals surface area contributed by atoms with Crippen molar-refractivity contribution in [3.8, 4) is 17.2 Å². The molecular formula is C17H21N3O3S. The van der Waals surface area contributed by atoms with Gasteiger partial charge in [-0.3, -0.25) is 0 Å². The zero-order valence-electron chi connectivity index (χ0n) is 14.2. The van der Waals surface area contributed by atoms with Crippen molar-refractivity contribution in [3.63, 3.8) is 0 Å². The molecule has 6 nitrogen and oxygen atoms in total. The highest BCUT2D eigenvalue weighted by atomic mass is 32.1. The Hall–Kier alpha value is -2.54. The van der Waals surface area contributed by atoms with E-state index in [-0.39, 0.29) is 0 Å². The van der Waals surface area contributed by atoms with Gasteiger partial charge in [0, 0.05) is 17.8 Å². The first-order chi connectivity index (χ1) is 11.6. The maximum Gasteiger partial charge on any atom is 0.203 e. The monoisotopic (exact) mass is 347 g/mol. The second kappa shape index (κ2) is 8.35. The number of nitrogens with zero attached hydrogens (tertiary/aromatic N) is 1. The summed E-state index contributed by atoms with van der Waals surface area (Å²) >= 11 is 5.31. The largest absolute Gasteiger partial charge is 0.493 e. The van der Waals surface area contributed by atoms with Gasteiger partial charge in [0.25, 0.3) is 0 Å². The Bertz CT molecular complexity index is 722. The lowest BCUT2D eigenvalue weighted by molar-refractivity contribution is 0.322. The van der Waals surface area contributed by atoms with Crippen LogP contribution >= 0.6 is 12.2 Å². The Labute approximate surface area is 147 Å². The summed E-state index contributed by atoms with van der Waals surface area (Å²) < 4.78 is 16.1. The van der Waals surface area contributed by atoms with Crippen LogP contribution in [0.5, 0.6) is 17.2 Å². The van der Waals surface area contributed by atoms with Crippen LogP contribution in [0.4, 0.5) is 5.82 Å². The summed E-state index contributed by atoms with van der Waals surface area (Å²) in [4.78, 5) is 4.35. The first-order valence-electron chi connectivity index (χ1n) is 7.35. The number of thiocarbonyl (C=S) groups is 1. The lowest BCUT2D eigenvalue weighted by atomic mass is 10.1. The molecule has 0 spiro atoms. The van der Waals surface area contributed by atoms with Crippen LogP contribution in [0, 0.1) is 6.92 Å². The van der Waals surface area contributed by atoms with Crippen LogP contribution in [0.15, 0.2) is 30.3 Å². The molecule has 0 bridgehead atoms. The molecule has 2 aromatic rings. The zero-order chi connectivity index (χ0) is 17.5. The van der Waals surface area contributed by atoms with Gasteiger partial charge in [-0.2, -0.15) is 0 Å². The Morgan fingerprint density at radius 2 is 1.79 bits per heavy atom. The molecule has 1 aromatic carbocycles. The van der Waals surface area contributed by atoms with Crippen molar-refractivity contribution in [2.75, 3.05) is 26.6 Å². The van der Waals surface area contributed by atoms with Crippen LogP contribution < -0.4 is 24.8 Å². The van der Waals surface area contributed by atoms with Gasteiger partial charge in [-0.1, -0.05) is 6.07 Å². The molecule has 128 valence electrons. The van der Waals surface area contributed by atoms with E-state index in [4.69, 9.17) is 26.4 Å². The van der Waals surface area contributed by atoms with Gasteiger partial charge in [0.15, 0.2) is 16.6 Å². The number of aryl methyl sites for hydroxylation is 1. The number of methoxy groups -OCH3 is 3. The normalized spacial score (nSPS) is 10.0. The fourth-order valence-electron chi connectivity index (χ4n) is 2.25. The van der Waals surface area contributed by atoms with Crippen molar-refractivity contribution in [1.82, 2.24) is 10.3 Å². The van der Waals surface area contributed by atoms with Crippen molar-refractivity contribution in [1.29, 1.82) is 0 Å². The van der Waals surface area contributed by atoms with E-state index in [9.17, 15) is 0 Å². The quantitative estimate of drug-likeness (QED) is 0.779. The van der Waals surface area contributed by atoms with Crippen molar-refractivity contribution in [2.24, 2.45) is 0 Å². The van der Waals surface area contributed by atoms with Gasteiger partial charge in [-0.25, -0.2) is 4.98 Å². The topological polar surface area (TPSA) is 64.6 Å². The lowest BCUT2D eigenvalue weighted by Gasteiger charge is -2.17. The molecule has 24 heavy (non-hydrogen) atoms. The SMILES string of the molecule is COc1ccc(CNC(=S)Nc2cccc(C)n2)c(OC)c1OC. The second-order valence-electron chi connectivity index (χ2n) is 4.97. The number of pyridine rings is 1. The molecule has 7 heteroatoms. The highest BCUT2D eigenvalue weighted by molar-refractivity contribution is 7.80. The number of ether oxygens (including phenoxy) is 3. The van der Waals surface area contributed by atoms with Gasteiger partial charge >= 0.3 is 0 Å². The summed E-state index contributed by atoms with van der Waals surface area (Å²) in [5, 5.41) is 6.67. The minimum atomic E-state index is 0.473. The van der Waals surface area contributed by atoms with E-state index in [0.717, 1.165) is 11.3 Å². The number of anilines is 1. The number of aromatic nitrogens is 1. The molecule has 2 rings (SSSR count). The van der Waals surface area contributed by atoms with Crippen LogP contribution in [0.2, 0.25) is 0 Å². The first-order valence-corrected chi connectivity index (χ1v) is 7.76. The van der Waals surface area contributed by atoms with Gasteiger partial charge in [-0.05, 0) is 43.4 Å². The Balaban J connectivity index is 2.07. The number of benzene rings is 1. The third kappa shape index (κ3) is 4.26. The van der Waals surface area contributed by atoms with Gasteiger partial charge in [-0.15, -0.1) is 0 Å². The van der Waals surface area contributed by atoms with Crippen molar-refractivity contribution in [3.05, 3.63) is 41.6 Å². The predicted octanol–water partition coefficient (Wildman–Crippen LogP) is 2.90. The minimum Gasteiger partial charge on any atom is -0.493 e. The average Bonchev–Trinajstić information content (AvgIpc) is 2.58. The summed E-state index contributed by atoms with van der Waals surface area (Å²) in [6.07, 6.45) is 0. The summed E-state index contributed by atoms with van der Waals surface area (Å²) in [5.41, 5.74) is 1.82. The van der Waals surface area contributed by atoms with E-state index in [2.05, 4.69) is 15.6 Å². The molecule has 0 atom stereocenters. The zero-order valence-corrected chi connectivity index (χ0v) is 15.0. The van der Waals surface area contributed by atoms with Gasteiger partial charge in [0.1, 0.15) is 5.82 Å². The second-order valence-corrected chi connectivity index (χ2v) is 5.37. The molecule has 0 aliphatic carbocycles. The molecular weight excluding hydrogens is 326 g/mol. The fraction of sp³-hybridized carbons (Fsp3) is 0.294. The van der Waals surface area contributed by atoms with Crippen LogP contribution in [-0.4, -0.2) is 31.4 Å². The Kier molecular flexibility index (Phi) is 6.20. The highest BCUT2D eigenvalue weighted by Gasteiger charge is 2.15. The number of hydrogen-bond donors (Lipinski definition) is 2. The molecule has 2 N–H and O–H groups in total. The molecule has 0 saturated carbocycles. The molecule has 0 fully saturated rings. The van der Waals surface area contributed by atoms with Crippen molar-refractivity contribution < 1.29 is 14.2 Å². The first kappa shape index (κ1) is 17.8. The van der Waals surface area contributed by atoms with Crippen LogP contribution in [-0.2, 0) is 6.54 Å². The number of rotatable bonds is 6. The third-order valence-electron chi connectivity index (χ3n) is 3.36. The van der Waals surface area contributed by atoms with Crippen molar-refractivity contribution in [2.45, 2.75) is 13.5 Å². The molecule has 1 heterocycles. The molecule has 0 radical (unpaired) electrons. The smallest absolute Gasteiger partial charge is 0.203 e. The van der Waals surface area contributed by atoms with E-state index >= 15 is 0 Å². The third-order valence-corrected chi connectivity index (χ3v) is 3.60. The number of nitrogens with one attached hydrogen (secondary N) is 2. The Morgan fingerprint density at radius 1 is 1.04 bits per heavy atom. The molecule has 0 aliphatic rings. The predicted molar refractivity (Wildman–Crippen MR) is 98.1 cm³/mol. The average molecular weight is 347 g/mol. The van der Waals surface area contributed by atoms with Crippen LogP contribution in [0.1, 0.15) is 11.3 Å². The van der Waals surface area contributed by atoms with Crippen molar-refractivity contribution >= 4 is 23.1 Å². The summed E-state index contributed by atoms with van der Waals surface area (Å²) in [6.45, 7) is 2.40. The summed E-state index contributed by atoms with van der Waals surface area (Å²) in [6, 6.07) is 9.44. The van der Waals surface area contributed by atoms with E-state index in [1.54, 1.807) is 21.3 Å². The summed E-state index contributed by atoms with van der Waals surface area (Å²) in [7, 11) is 4.75. The molecule has 0 saturated heterocycles. The van der Waals surface area contributed by atoms with E-state index in [0.29, 0.717) is 34.7 Å². The van der Waals surface area contributed by atoms with Crippen LogP contribution in [0.25, 0.3) is 0 Å². The summed E-state index contributed by atoms with van der Waals surface area (Å²) in [5.74, 6) is 2.48.